The number of nitrogens with two attached hydrogens (primary N) is 1. The Morgan fingerprint density at radius 3 is 2.46 bits per heavy atom. The maximum absolute atomic E-state index is 12.3. The van der Waals surface area contributed by atoms with Crippen LogP contribution in [0.1, 0.15) is 51.0 Å². The summed E-state index contributed by atoms with van der Waals surface area (Å²) < 4.78 is 15.3. The van der Waals surface area contributed by atoms with Gasteiger partial charge in [-0.2, -0.15) is 10.2 Å². The number of hydrogen-bond donors (Lipinski definition) is 2. The number of allylic oxidation sites excluding steroid dienone is 1. The molecule has 3 unspecified atom stereocenters. The zero-order valence-electron chi connectivity index (χ0n) is 19.9. The van der Waals surface area contributed by atoms with E-state index in [0.717, 1.165) is 49.8 Å². The van der Waals surface area contributed by atoms with Crippen molar-refractivity contribution in [1.29, 1.82) is 0 Å². The topological polar surface area (TPSA) is 142 Å². The molecule has 1 aromatic rings. The molecular weight excluding hydrogens is 452 g/mol. The van der Waals surface area contributed by atoms with Crippen LogP contribution in [0.5, 0.6) is 0 Å². The molecule has 1 heterocycles. The van der Waals surface area contributed by atoms with Crippen molar-refractivity contribution in [1.82, 2.24) is 5.32 Å². The lowest BCUT2D eigenvalue weighted by Crippen LogP contribution is -2.42. The molecule has 3 atom stereocenters. The van der Waals surface area contributed by atoms with Gasteiger partial charge in [0.2, 0.25) is 0 Å². The van der Waals surface area contributed by atoms with Gasteiger partial charge in [0.15, 0.2) is 0 Å². The number of ether oxygens (including phenoxy) is 3. The summed E-state index contributed by atoms with van der Waals surface area (Å²) in [6, 6.07) is 9.15. The number of imide groups is 1. The Morgan fingerprint density at radius 2 is 1.74 bits per heavy atom. The lowest BCUT2D eigenvalue weighted by Gasteiger charge is -2.34. The monoisotopic (exact) mass is 484 g/mol. The van der Waals surface area contributed by atoms with Gasteiger partial charge in [0.25, 0.3) is 0 Å². The third-order valence-corrected chi connectivity index (χ3v) is 6.03. The summed E-state index contributed by atoms with van der Waals surface area (Å²) in [5.41, 5.74) is 7.28. The summed E-state index contributed by atoms with van der Waals surface area (Å²) in [6.07, 6.45) is 6.39. The molecule has 0 saturated heterocycles. The van der Waals surface area contributed by atoms with Crippen LogP contribution in [0.25, 0.3) is 0 Å². The summed E-state index contributed by atoms with van der Waals surface area (Å²) in [4.78, 5) is 35.1. The van der Waals surface area contributed by atoms with Crippen molar-refractivity contribution in [2.45, 2.75) is 58.2 Å². The zero-order chi connectivity index (χ0) is 25.0. The highest BCUT2D eigenvalue weighted by atomic mass is 16.6. The van der Waals surface area contributed by atoms with E-state index in [-0.39, 0.29) is 25.0 Å². The number of carbonyl (C=O) groups excluding carboxylic acids is 3. The van der Waals surface area contributed by atoms with Gasteiger partial charge in [0, 0.05) is 11.8 Å². The molecule has 188 valence electrons. The minimum atomic E-state index is -0.904. The van der Waals surface area contributed by atoms with E-state index in [9.17, 15) is 14.4 Å². The molecule has 0 bridgehead atoms. The van der Waals surface area contributed by atoms with Gasteiger partial charge in [0.1, 0.15) is 19.3 Å². The first-order valence-corrected chi connectivity index (χ1v) is 11.9. The van der Waals surface area contributed by atoms with E-state index in [0.29, 0.717) is 5.71 Å². The number of benzene rings is 1. The second-order valence-electron chi connectivity index (χ2n) is 8.52. The molecule has 10 nitrogen and oxygen atoms in total. The van der Waals surface area contributed by atoms with Crippen molar-refractivity contribution < 1.29 is 28.6 Å². The molecule has 3 N–H and O–H groups in total. The fourth-order valence-electron chi connectivity index (χ4n) is 4.39. The molecule has 1 aromatic carbocycles. The molecule has 1 fully saturated rings. The lowest BCUT2D eigenvalue weighted by atomic mass is 9.74. The highest BCUT2D eigenvalue weighted by Crippen LogP contribution is 2.34. The molecule has 1 saturated carbocycles. The van der Waals surface area contributed by atoms with Crippen LogP contribution in [0, 0.1) is 11.8 Å². The van der Waals surface area contributed by atoms with Gasteiger partial charge in [-0.15, -0.1) is 0 Å². The quantitative estimate of drug-likeness (QED) is 0.546. The van der Waals surface area contributed by atoms with Gasteiger partial charge in [-0.1, -0.05) is 56.0 Å². The number of primary amides is 1. The molecule has 1 aliphatic heterocycles. The molecular formula is C25H32N4O6. The summed E-state index contributed by atoms with van der Waals surface area (Å²) >= 11 is 0. The van der Waals surface area contributed by atoms with E-state index in [4.69, 9.17) is 19.9 Å². The van der Waals surface area contributed by atoms with Crippen LogP contribution in [0.3, 0.4) is 0 Å². The van der Waals surface area contributed by atoms with Crippen LogP contribution in [-0.2, 0) is 20.8 Å². The second kappa shape index (κ2) is 13.3. The van der Waals surface area contributed by atoms with Crippen molar-refractivity contribution in [2.24, 2.45) is 27.8 Å². The minimum Gasteiger partial charge on any atom is -0.445 e. The van der Waals surface area contributed by atoms with Crippen molar-refractivity contribution in [3.05, 3.63) is 48.0 Å². The van der Waals surface area contributed by atoms with E-state index < -0.39 is 24.4 Å². The fourth-order valence-corrected chi connectivity index (χ4v) is 4.39. The average Bonchev–Trinajstić information content (AvgIpc) is 2.81. The van der Waals surface area contributed by atoms with Crippen molar-refractivity contribution >= 4 is 29.7 Å². The summed E-state index contributed by atoms with van der Waals surface area (Å²) in [7, 11) is 0. The average molecular weight is 485 g/mol. The molecule has 0 radical (unpaired) electrons. The van der Waals surface area contributed by atoms with Gasteiger partial charge in [-0.05, 0) is 37.5 Å². The van der Waals surface area contributed by atoms with Crippen LogP contribution in [-0.4, -0.2) is 42.4 Å². The minimum absolute atomic E-state index is 0.0431. The maximum Gasteiger partial charge on any atom is 0.417 e. The van der Waals surface area contributed by atoms with Crippen LogP contribution in [0.2, 0.25) is 0 Å². The predicted octanol–water partition coefficient (Wildman–Crippen LogP) is 4.49. The number of carbonyl (C=O) groups is 3. The number of nitrogens with one attached hydrogen (secondary N) is 1. The Balaban J connectivity index is 1.61. The first-order valence-electron chi connectivity index (χ1n) is 11.9. The third kappa shape index (κ3) is 8.24. The number of nitrogens with zero attached hydrogens (tertiary/aromatic N) is 2. The number of rotatable bonds is 7. The standard InChI is InChI=1S/C25H32N4O6/c1-17(35-25(32)27-24(31)34-16-18-10-5-4-6-11-18)22-20-13-8-3-2-7-12-19(20)21(28-29-22)14-9-15-33-23(26)30/h4-6,9-11,14,17,19-20H,2-3,7-8,12-13,15-16H2,1H3,(H2,26,30)(H,27,31,32)/b14-9-. The van der Waals surface area contributed by atoms with Gasteiger partial charge in [-0.25, -0.2) is 19.7 Å². The summed E-state index contributed by atoms with van der Waals surface area (Å²) in [5.74, 6) is 0.162. The predicted molar refractivity (Wildman–Crippen MR) is 130 cm³/mol. The number of alkyl carbamates (subject to hydrolysis) is 2. The van der Waals surface area contributed by atoms with Crippen LogP contribution >= 0.6 is 0 Å². The normalized spacial score (nSPS) is 20.8. The largest absolute Gasteiger partial charge is 0.445 e. The molecule has 35 heavy (non-hydrogen) atoms. The Bertz CT molecular complexity index is 975. The molecule has 3 amide bonds. The molecule has 2 aliphatic rings. The van der Waals surface area contributed by atoms with E-state index >= 15 is 0 Å². The van der Waals surface area contributed by atoms with Crippen LogP contribution in [0.4, 0.5) is 14.4 Å². The maximum atomic E-state index is 12.3. The third-order valence-electron chi connectivity index (χ3n) is 6.03. The smallest absolute Gasteiger partial charge is 0.417 e. The number of amides is 3. The van der Waals surface area contributed by atoms with Crippen molar-refractivity contribution in [2.75, 3.05) is 6.61 Å². The van der Waals surface area contributed by atoms with Gasteiger partial charge in [-0.3, -0.25) is 0 Å². The molecule has 0 aromatic heterocycles. The Hall–Kier alpha value is -3.69. The first kappa shape index (κ1) is 25.9. The van der Waals surface area contributed by atoms with E-state index in [1.165, 1.54) is 0 Å². The SMILES string of the molecule is CC(OC(=O)NC(=O)OCc1ccccc1)C1=NN=C(/C=C\COC(N)=O)C2CCCCCCC12. The van der Waals surface area contributed by atoms with Gasteiger partial charge in [0.05, 0.1) is 11.4 Å². The molecule has 0 spiro atoms. The summed E-state index contributed by atoms with van der Waals surface area (Å²) in [6.45, 7) is 1.82. The van der Waals surface area contributed by atoms with E-state index in [1.807, 2.05) is 36.4 Å². The van der Waals surface area contributed by atoms with E-state index in [1.54, 1.807) is 13.0 Å². The summed E-state index contributed by atoms with van der Waals surface area (Å²) in [5, 5.41) is 10.9. The van der Waals surface area contributed by atoms with Gasteiger partial charge >= 0.3 is 18.3 Å². The van der Waals surface area contributed by atoms with Crippen LogP contribution in [0.15, 0.2) is 52.7 Å². The molecule has 3 rings (SSSR count). The number of hydrogen-bond acceptors (Lipinski definition) is 8. The van der Waals surface area contributed by atoms with E-state index in [2.05, 4.69) is 15.5 Å². The highest BCUT2D eigenvalue weighted by molar-refractivity contribution is 6.05. The first-order chi connectivity index (χ1) is 16.9. The van der Waals surface area contributed by atoms with Crippen molar-refractivity contribution in [3.8, 4) is 0 Å². The van der Waals surface area contributed by atoms with Crippen LogP contribution < -0.4 is 11.1 Å². The fraction of sp³-hybridized carbons (Fsp3) is 0.480. The lowest BCUT2D eigenvalue weighted by molar-refractivity contribution is 0.112. The zero-order valence-corrected chi connectivity index (χ0v) is 19.9. The van der Waals surface area contributed by atoms with Gasteiger partial charge < -0.3 is 19.9 Å². The Kier molecular flexibility index (Phi) is 9.82. The molecule has 1 aliphatic carbocycles. The molecule has 10 heteroatoms. The second-order valence-corrected chi connectivity index (χ2v) is 8.52. The Labute approximate surface area is 204 Å². The Morgan fingerprint density at radius 1 is 1.03 bits per heavy atom. The number of fused-ring (bicyclic) bond motifs is 1. The highest BCUT2D eigenvalue weighted by Gasteiger charge is 2.36. The van der Waals surface area contributed by atoms with Crippen molar-refractivity contribution in [3.63, 3.8) is 0 Å².